The summed E-state index contributed by atoms with van der Waals surface area (Å²) in [5.74, 6) is 0.146. The van der Waals surface area contributed by atoms with Gasteiger partial charge in [0.2, 0.25) is 0 Å². The second-order valence-corrected chi connectivity index (χ2v) is 4.76. The van der Waals surface area contributed by atoms with Crippen LogP contribution in [0.15, 0.2) is 18.2 Å². The summed E-state index contributed by atoms with van der Waals surface area (Å²) in [6, 6.07) is 5.15. The second kappa shape index (κ2) is 6.43. The SMILES string of the molecule is COC(=O)c1ccc(NCC2CCCOC2)c(N)c1. The molecule has 1 heterocycles. The molecule has 2 rings (SSSR count). The molecule has 0 saturated carbocycles. The number of rotatable bonds is 4. The van der Waals surface area contributed by atoms with Crippen LogP contribution in [0.2, 0.25) is 0 Å². The molecule has 0 bridgehead atoms. The van der Waals surface area contributed by atoms with Crippen molar-refractivity contribution in [1.82, 2.24) is 0 Å². The number of carbonyl (C=O) groups is 1. The lowest BCUT2D eigenvalue weighted by Gasteiger charge is -2.23. The van der Waals surface area contributed by atoms with Crippen molar-refractivity contribution in [3.05, 3.63) is 23.8 Å². The zero-order valence-electron chi connectivity index (χ0n) is 11.1. The minimum atomic E-state index is -0.376. The van der Waals surface area contributed by atoms with Crippen LogP contribution in [0.5, 0.6) is 0 Å². The maximum absolute atomic E-state index is 11.4. The summed E-state index contributed by atoms with van der Waals surface area (Å²) in [6.45, 7) is 2.50. The lowest BCUT2D eigenvalue weighted by atomic mass is 10.0. The number of hydrogen-bond acceptors (Lipinski definition) is 5. The Kier molecular flexibility index (Phi) is 4.63. The summed E-state index contributed by atoms with van der Waals surface area (Å²) in [5, 5.41) is 3.31. The van der Waals surface area contributed by atoms with Gasteiger partial charge < -0.3 is 20.5 Å². The van der Waals surface area contributed by atoms with E-state index in [0.717, 1.165) is 31.9 Å². The minimum absolute atomic E-state index is 0.376. The molecule has 0 radical (unpaired) electrons. The molecule has 5 nitrogen and oxygen atoms in total. The Morgan fingerprint density at radius 3 is 3.05 bits per heavy atom. The number of ether oxygens (including phenoxy) is 2. The van der Waals surface area contributed by atoms with E-state index in [2.05, 4.69) is 10.1 Å². The van der Waals surface area contributed by atoms with E-state index in [-0.39, 0.29) is 5.97 Å². The van der Waals surface area contributed by atoms with Crippen LogP contribution in [0.1, 0.15) is 23.2 Å². The fourth-order valence-electron chi connectivity index (χ4n) is 2.19. The van der Waals surface area contributed by atoms with Gasteiger partial charge in [0.05, 0.1) is 30.7 Å². The van der Waals surface area contributed by atoms with E-state index in [1.807, 2.05) is 6.07 Å². The fourth-order valence-corrected chi connectivity index (χ4v) is 2.19. The Morgan fingerprint density at radius 1 is 1.58 bits per heavy atom. The number of anilines is 2. The fraction of sp³-hybridized carbons (Fsp3) is 0.500. The Labute approximate surface area is 113 Å². The lowest BCUT2D eigenvalue weighted by Crippen LogP contribution is -2.24. The monoisotopic (exact) mass is 264 g/mol. The average Bonchev–Trinajstić information content (AvgIpc) is 2.46. The lowest BCUT2D eigenvalue weighted by molar-refractivity contribution is 0.0595. The van der Waals surface area contributed by atoms with Gasteiger partial charge in [-0.05, 0) is 37.0 Å². The summed E-state index contributed by atoms with van der Waals surface area (Å²) in [7, 11) is 1.35. The number of benzene rings is 1. The van der Waals surface area contributed by atoms with E-state index in [0.29, 0.717) is 17.2 Å². The first-order chi connectivity index (χ1) is 9.20. The number of hydrogen-bond donors (Lipinski definition) is 2. The van der Waals surface area contributed by atoms with Crippen molar-refractivity contribution in [2.45, 2.75) is 12.8 Å². The summed E-state index contributed by atoms with van der Waals surface area (Å²) < 4.78 is 10.1. The highest BCUT2D eigenvalue weighted by Gasteiger charge is 2.14. The molecule has 19 heavy (non-hydrogen) atoms. The van der Waals surface area contributed by atoms with Gasteiger partial charge in [-0.25, -0.2) is 4.79 Å². The van der Waals surface area contributed by atoms with Crippen LogP contribution < -0.4 is 11.1 Å². The van der Waals surface area contributed by atoms with Crippen molar-refractivity contribution in [2.75, 3.05) is 37.9 Å². The highest BCUT2D eigenvalue weighted by atomic mass is 16.5. The standard InChI is InChI=1S/C14H20N2O3/c1-18-14(17)11-4-5-13(12(15)7-11)16-8-10-3-2-6-19-9-10/h4-5,7,10,16H,2-3,6,8-9,15H2,1H3. The number of nitrogen functional groups attached to an aromatic ring is 1. The van der Waals surface area contributed by atoms with E-state index < -0.39 is 0 Å². The molecule has 1 aliphatic heterocycles. The molecule has 5 heteroatoms. The number of methoxy groups -OCH3 is 1. The maximum Gasteiger partial charge on any atom is 0.337 e. The molecule has 1 saturated heterocycles. The van der Waals surface area contributed by atoms with Crippen LogP contribution >= 0.6 is 0 Å². The van der Waals surface area contributed by atoms with Crippen LogP contribution in [-0.2, 0) is 9.47 Å². The normalized spacial score (nSPS) is 18.9. The van der Waals surface area contributed by atoms with Gasteiger partial charge in [0.15, 0.2) is 0 Å². The minimum Gasteiger partial charge on any atom is -0.465 e. The highest BCUT2D eigenvalue weighted by molar-refractivity contribution is 5.91. The molecule has 0 spiro atoms. The number of nitrogens with one attached hydrogen (secondary N) is 1. The molecule has 1 aromatic carbocycles. The number of carbonyl (C=O) groups excluding carboxylic acids is 1. The predicted molar refractivity (Wildman–Crippen MR) is 74.2 cm³/mol. The van der Waals surface area contributed by atoms with Crippen LogP contribution in [0.3, 0.4) is 0 Å². The van der Waals surface area contributed by atoms with E-state index in [1.165, 1.54) is 13.5 Å². The maximum atomic E-state index is 11.4. The molecule has 1 unspecified atom stereocenters. The quantitative estimate of drug-likeness (QED) is 0.641. The molecule has 0 aromatic heterocycles. The van der Waals surface area contributed by atoms with Crippen molar-refractivity contribution in [2.24, 2.45) is 5.92 Å². The van der Waals surface area contributed by atoms with Gasteiger partial charge >= 0.3 is 5.97 Å². The van der Waals surface area contributed by atoms with Gasteiger partial charge in [-0.1, -0.05) is 0 Å². The van der Waals surface area contributed by atoms with Gasteiger partial charge in [0.1, 0.15) is 0 Å². The van der Waals surface area contributed by atoms with Crippen molar-refractivity contribution in [3.8, 4) is 0 Å². The topological polar surface area (TPSA) is 73.6 Å². The summed E-state index contributed by atoms with van der Waals surface area (Å²) in [5.41, 5.74) is 7.79. The van der Waals surface area contributed by atoms with Crippen LogP contribution in [-0.4, -0.2) is 32.8 Å². The highest BCUT2D eigenvalue weighted by Crippen LogP contribution is 2.22. The molecule has 0 aliphatic carbocycles. The molecule has 1 fully saturated rings. The smallest absolute Gasteiger partial charge is 0.337 e. The number of nitrogens with two attached hydrogens (primary N) is 1. The van der Waals surface area contributed by atoms with Gasteiger partial charge in [0.25, 0.3) is 0 Å². The largest absolute Gasteiger partial charge is 0.465 e. The average molecular weight is 264 g/mol. The van der Waals surface area contributed by atoms with Crippen molar-refractivity contribution >= 4 is 17.3 Å². The summed E-state index contributed by atoms with van der Waals surface area (Å²) in [6.07, 6.45) is 2.29. The van der Waals surface area contributed by atoms with E-state index in [9.17, 15) is 4.79 Å². The van der Waals surface area contributed by atoms with Crippen LogP contribution in [0.4, 0.5) is 11.4 Å². The first-order valence-electron chi connectivity index (χ1n) is 6.50. The van der Waals surface area contributed by atoms with E-state index in [4.69, 9.17) is 10.5 Å². The predicted octanol–water partition coefficient (Wildman–Crippen LogP) is 1.89. The molecular weight excluding hydrogens is 244 g/mol. The molecule has 0 amide bonds. The first-order valence-corrected chi connectivity index (χ1v) is 6.50. The third-order valence-electron chi connectivity index (χ3n) is 3.31. The van der Waals surface area contributed by atoms with Gasteiger partial charge in [0, 0.05) is 13.2 Å². The molecule has 1 atom stereocenters. The van der Waals surface area contributed by atoms with Crippen LogP contribution in [0, 0.1) is 5.92 Å². The summed E-state index contributed by atoms with van der Waals surface area (Å²) in [4.78, 5) is 11.4. The van der Waals surface area contributed by atoms with Gasteiger partial charge in [-0.3, -0.25) is 0 Å². The molecular formula is C14H20N2O3. The Morgan fingerprint density at radius 2 is 2.42 bits per heavy atom. The third kappa shape index (κ3) is 3.61. The van der Waals surface area contributed by atoms with E-state index in [1.54, 1.807) is 12.1 Å². The molecule has 1 aromatic rings. The van der Waals surface area contributed by atoms with Gasteiger partial charge in [-0.2, -0.15) is 0 Å². The van der Waals surface area contributed by atoms with Gasteiger partial charge in [-0.15, -0.1) is 0 Å². The number of esters is 1. The van der Waals surface area contributed by atoms with Crippen molar-refractivity contribution in [3.63, 3.8) is 0 Å². The van der Waals surface area contributed by atoms with Crippen molar-refractivity contribution < 1.29 is 14.3 Å². The second-order valence-electron chi connectivity index (χ2n) is 4.76. The third-order valence-corrected chi connectivity index (χ3v) is 3.31. The zero-order valence-corrected chi connectivity index (χ0v) is 11.1. The molecule has 3 N–H and O–H groups in total. The van der Waals surface area contributed by atoms with Crippen LogP contribution in [0.25, 0.3) is 0 Å². The first kappa shape index (κ1) is 13.7. The van der Waals surface area contributed by atoms with Crippen molar-refractivity contribution in [1.29, 1.82) is 0 Å². The zero-order chi connectivity index (χ0) is 13.7. The summed E-state index contributed by atoms with van der Waals surface area (Å²) >= 11 is 0. The molecule has 1 aliphatic rings. The van der Waals surface area contributed by atoms with E-state index >= 15 is 0 Å². The Balaban J connectivity index is 1.95. The Bertz CT molecular complexity index is 442. The molecule has 104 valence electrons. The Hall–Kier alpha value is -1.75.